The molecule has 0 aliphatic carbocycles. The van der Waals surface area contributed by atoms with Gasteiger partial charge < -0.3 is 9.64 Å². The van der Waals surface area contributed by atoms with Gasteiger partial charge >= 0.3 is 0 Å². The molecule has 0 saturated carbocycles. The highest BCUT2D eigenvalue weighted by Gasteiger charge is 2.23. The van der Waals surface area contributed by atoms with E-state index in [1.165, 1.54) is 6.42 Å². The third-order valence-electron chi connectivity index (χ3n) is 3.51. The molecule has 0 radical (unpaired) electrons. The molecular weight excluding hydrogens is 318 g/mol. The molecule has 0 amide bonds. The highest BCUT2D eigenvalue weighted by Crippen LogP contribution is 2.25. The van der Waals surface area contributed by atoms with Crippen molar-refractivity contribution in [3.05, 3.63) is 16.5 Å². The molecule has 1 fully saturated rings. The minimum absolute atomic E-state index is 0.0538. The third-order valence-corrected chi connectivity index (χ3v) is 3.91. The second-order valence-electron chi connectivity index (χ2n) is 6.30. The van der Waals surface area contributed by atoms with E-state index in [0.717, 1.165) is 42.4 Å². The zero-order valence-electron chi connectivity index (χ0n) is 12.8. The normalized spacial score (nSPS) is 19.4. The SMILES string of the molecule is CCN(CC1CCCO1)c1cc(Br)nc(C(C)(C)C)n1. The molecule has 0 aromatic carbocycles. The first-order valence-corrected chi connectivity index (χ1v) is 8.11. The molecule has 0 N–H and O–H groups in total. The van der Waals surface area contributed by atoms with Crippen LogP contribution < -0.4 is 4.90 Å². The van der Waals surface area contributed by atoms with Crippen LogP contribution in [0.2, 0.25) is 0 Å². The second kappa shape index (κ2) is 6.39. The van der Waals surface area contributed by atoms with Crippen LogP contribution in [0.5, 0.6) is 0 Å². The lowest BCUT2D eigenvalue weighted by Crippen LogP contribution is -2.33. The number of rotatable bonds is 4. The van der Waals surface area contributed by atoms with E-state index in [1.807, 2.05) is 6.07 Å². The van der Waals surface area contributed by atoms with Crippen molar-refractivity contribution in [1.29, 1.82) is 0 Å². The van der Waals surface area contributed by atoms with E-state index in [1.54, 1.807) is 0 Å². The summed E-state index contributed by atoms with van der Waals surface area (Å²) in [5.41, 5.74) is -0.0538. The second-order valence-corrected chi connectivity index (χ2v) is 7.11. The van der Waals surface area contributed by atoms with E-state index in [4.69, 9.17) is 9.72 Å². The van der Waals surface area contributed by atoms with Crippen LogP contribution in [-0.2, 0) is 10.2 Å². The highest BCUT2D eigenvalue weighted by atomic mass is 79.9. The summed E-state index contributed by atoms with van der Waals surface area (Å²) in [6.07, 6.45) is 2.65. The van der Waals surface area contributed by atoms with Gasteiger partial charge in [0.15, 0.2) is 0 Å². The largest absolute Gasteiger partial charge is 0.376 e. The number of ether oxygens (including phenoxy) is 1. The van der Waals surface area contributed by atoms with Crippen LogP contribution in [-0.4, -0.2) is 35.8 Å². The predicted molar refractivity (Wildman–Crippen MR) is 85.3 cm³/mol. The molecule has 0 bridgehead atoms. The summed E-state index contributed by atoms with van der Waals surface area (Å²) in [4.78, 5) is 11.5. The maximum Gasteiger partial charge on any atom is 0.137 e. The molecule has 1 atom stereocenters. The van der Waals surface area contributed by atoms with E-state index >= 15 is 0 Å². The van der Waals surface area contributed by atoms with Gasteiger partial charge in [0.25, 0.3) is 0 Å². The van der Waals surface area contributed by atoms with Crippen LogP contribution in [0.1, 0.15) is 46.4 Å². The quantitative estimate of drug-likeness (QED) is 0.785. The number of halogens is 1. The molecule has 1 saturated heterocycles. The first-order chi connectivity index (χ1) is 9.40. The fourth-order valence-corrected chi connectivity index (χ4v) is 2.69. The molecule has 5 heteroatoms. The van der Waals surface area contributed by atoms with Gasteiger partial charge in [-0.1, -0.05) is 20.8 Å². The maximum atomic E-state index is 5.74. The van der Waals surface area contributed by atoms with Crippen molar-refractivity contribution < 1.29 is 4.74 Å². The monoisotopic (exact) mass is 341 g/mol. The fraction of sp³-hybridized carbons (Fsp3) is 0.733. The molecule has 4 nitrogen and oxygen atoms in total. The number of nitrogens with zero attached hydrogens (tertiary/aromatic N) is 3. The van der Waals surface area contributed by atoms with Crippen LogP contribution in [0.4, 0.5) is 5.82 Å². The molecule has 2 rings (SSSR count). The van der Waals surface area contributed by atoms with Crippen molar-refractivity contribution in [2.45, 2.75) is 52.1 Å². The maximum absolute atomic E-state index is 5.74. The van der Waals surface area contributed by atoms with Crippen molar-refractivity contribution in [2.75, 3.05) is 24.6 Å². The van der Waals surface area contributed by atoms with Crippen molar-refractivity contribution >= 4 is 21.7 Å². The minimum atomic E-state index is -0.0538. The Morgan fingerprint density at radius 1 is 1.40 bits per heavy atom. The van der Waals surface area contributed by atoms with Gasteiger partial charge in [0.1, 0.15) is 16.2 Å². The first kappa shape index (κ1) is 15.7. The Hall–Kier alpha value is -0.680. The standard InChI is InChI=1S/C15H24BrN3O/c1-5-19(10-11-7-6-8-20-11)13-9-12(16)17-14(18-13)15(2,3)4/h9,11H,5-8,10H2,1-4H3. The van der Waals surface area contributed by atoms with E-state index in [9.17, 15) is 0 Å². The number of likely N-dealkylation sites (N-methyl/N-ethyl adjacent to an activating group) is 1. The number of hydrogen-bond acceptors (Lipinski definition) is 4. The van der Waals surface area contributed by atoms with Gasteiger partial charge in [-0.25, -0.2) is 9.97 Å². The number of aromatic nitrogens is 2. The van der Waals surface area contributed by atoms with Crippen molar-refractivity contribution in [3.8, 4) is 0 Å². The van der Waals surface area contributed by atoms with Gasteiger partial charge in [0, 0.05) is 31.2 Å². The Morgan fingerprint density at radius 3 is 2.70 bits per heavy atom. The van der Waals surface area contributed by atoms with E-state index in [2.05, 4.69) is 53.5 Å². The first-order valence-electron chi connectivity index (χ1n) is 7.31. The summed E-state index contributed by atoms with van der Waals surface area (Å²) < 4.78 is 6.58. The molecule has 1 aromatic rings. The lowest BCUT2D eigenvalue weighted by molar-refractivity contribution is 0.115. The molecule has 1 unspecified atom stereocenters. The van der Waals surface area contributed by atoms with Gasteiger partial charge in [0.2, 0.25) is 0 Å². The van der Waals surface area contributed by atoms with Crippen LogP contribution in [0.25, 0.3) is 0 Å². The van der Waals surface area contributed by atoms with E-state index in [-0.39, 0.29) is 5.41 Å². The molecule has 112 valence electrons. The molecule has 2 heterocycles. The fourth-order valence-electron chi connectivity index (χ4n) is 2.32. The van der Waals surface area contributed by atoms with Gasteiger partial charge in [-0.15, -0.1) is 0 Å². The summed E-state index contributed by atoms with van der Waals surface area (Å²) in [6.45, 7) is 11.3. The molecule has 1 aliphatic heterocycles. The minimum Gasteiger partial charge on any atom is -0.376 e. The van der Waals surface area contributed by atoms with Crippen molar-refractivity contribution in [3.63, 3.8) is 0 Å². The number of anilines is 1. The molecule has 1 aliphatic rings. The topological polar surface area (TPSA) is 38.2 Å². The van der Waals surface area contributed by atoms with Gasteiger partial charge in [0.05, 0.1) is 6.10 Å². The summed E-state index contributed by atoms with van der Waals surface area (Å²) in [5.74, 6) is 1.85. The smallest absolute Gasteiger partial charge is 0.137 e. The van der Waals surface area contributed by atoms with E-state index in [0.29, 0.717) is 6.10 Å². The summed E-state index contributed by atoms with van der Waals surface area (Å²) >= 11 is 3.51. The van der Waals surface area contributed by atoms with Gasteiger partial charge in [-0.2, -0.15) is 0 Å². The predicted octanol–water partition coefficient (Wildman–Crippen LogP) is 3.54. The van der Waals surface area contributed by atoms with Crippen LogP contribution in [0.3, 0.4) is 0 Å². The third kappa shape index (κ3) is 3.92. The van der Waals surface area contributed by atoms with Crippen LogP contribution in [0, 0.1) is 0 Å². The zero-order chi connectivity index (χ0) is 14.8. The van der Waals surface area contributed by atoms with Crippen molar-refractivity contribution in [2.24, 2.45) is 0 Å². The Labute approximate surface area is 130 Å². The summed E-state index contributed by atoms with van der Waals surface area (Å²) in [7, 11) is 0. The lowest BCUT2D eigenvalue weighted by Gasteiger charge is -2.27. The molecule has 0 spiro atoms. The van der Waals surface area contributed by atoms with Crippen molar-refractivity contribution in [1.82, 2.24) is 9.97 Å². The summed E-state index contributed by atoms with van der Waals surface area (Å²) in [6, 6.07) is 1.99. The average Bonchev–Trinajstić information content (AvgIpc) is 2.87. The molecule has 20 heavy (non-hydrogen) atoms. The summed E-state index contributed by atoms with van der Waals surface area (Å²) in [5, 5.41) is 0. The van der Waals surface area contributed by atoms with E-state index < -0.39 is 0 Å². The Bertz CT molecular complexity index is 453. The van der Waals surface area contributed by atoms with Gasteiger partial charge in [-0.05, 0) is 35.7 Å². The average molecular weight is 342 g/mol. The van der Waals surface area contributed by atoms with Crippen LogP contribution in [0.15, 0.2) is 10.7 Å². The molecule has 1 aromatic heterocycles. The number of hydrogen-bond donors (Lipinski definition) is 0. The van der Waals surface area contributed by atoms with Gasteiger partial charge in [-0.3, -0.25) is 0 Å². The Kier molecular flexibility index (Phi) is 5.02. The Balaban J connectivity index is 2.22. The lowest BCUT2D eigenvalue weighted by atomic mass is 9.96. The van der Waals surface area contributed by atoms with Crippen LogP contribution >= 0.6 is 15.9 Å². The Morgan fingerprint density at radius 2 is 2.15 bits per heavy atom. The zero-order valence-corrected chi connectivity index (χ0v) is 14.4. The highest BCUT2D eigenvalue weighted by molar-refractivity contribution is 9.10. The molecular formula is C15H24BrN3O.